The lowest BCUT2D eigenvalue weighted by Crippen LogP contribution is -2.51. The van der Waals surface area contributed by atoms with Crippen molar-refractivity contribution in [2.45, 2.75) is 51.4 Å². The Kier molecular flexibility index (Phi) is 5.35. The number of hydrogen-bond donors (Lipinski definition) is 1. The van der Waals surface area contributed by atoms with Crippen molar-refractivity contribution >= 4 is 29.0 Å². The second kappa shape index (κ2) is 7.74. The van der Waals surface area contributed by atoms with E-state index in [1.807, 2.05) is 11.4 Å². The Morgan fingerprint density at radius 2 is 1.74 bits per heavy atom. The zero-order chi connectivity index (χ0) is 18.9. The van der Waals surface area contributed by atoms with E-state index in [1.54, 1.807) is 6.07 Å². The largest absolute Gasteiger partial charge is 0.456 e. The van der Waals surface area contributed by atoms with Gasteiger partial charge in [-0.15, -0.1) is 11.3 Å². The summed E-state index contributed by atoms with van der Waals surface area (Å²) >= 11 is 1.36. The molecule has 0 spiro atoms. The van der Waals surface area contributed by atoms with Crippen LogP contribution in [0.2, 0.25) is 0 Å². The molecule has 0 aliphatic heterocycles. The third-order valence-electron chi connectivity index (χ3n) is 6.54. The van der Waals surface area contributed by atoms with E-state index in [1.165, 1.54) is 49.9 Å². The molecule has 1 amide bonds. The summed E-state index contributed by atoms with van der Waals surface area (Å²) in [5, 5.41) is 4.83. The number of carbonyl (C=O) groups is 3. The van der Waals surface area contributed by atoms with Crippen LogP contribution >= 0.6 is 11.3 Å². The highest BCUT2D eigenvalue weighted by Crippen LogP contribution is 2.59. The maximum Gasteiger partial charge on any atom is 0.306 e. The summed E-state index contributed by atoms with van der Waals surface area (Å²) in [6.45, 7) is 0.460. The SMILES string of the molecule is O=C(COC(=O)CCC(=O)c1cccs1)NCC12CC3CC(CC(C3)C1)C2. The molecule has 5 nitrogen and oxygen atoms in total. The Balaban J connectivity index is 1.16. The van der Waals surface area contributed by atoms with Crippen molar-refractivity contribution < 1.29 is 19.1 Å². The number of rotatable bonds is 8. The summed E-state index contributed by atoms with van der Waals surface area (Å²) in [7, 11) is 0. The molecule has 6 heteroatoms. The molecule has 146 valence electrons. The fraction of sp³-hybridized carbons (Fsp3) is 0.667. The third-order valence-corrected chi connectivity index (χ3v) is 7.45. The molecule has 4 saturated carbocycles. The molecule has 1 aromatic rings. The van der Waals surface area contributed by atoms with Crippen molar-refractivity contribution in [3.05, 3.63) is 22.4 Å². The number of thiophene rings is 1. The minimum Gasteiger partial charge on any atom is -0.456 e. The Morgan fingerprint density at radius 3 is 2.33 bits per heavy atom. The monoisotopic (exact) mass is 389 g/mol. The van der Waals surface area contributed by atoms with Gasteiger partial charge in [0.2, 0.25) is 0 Å². The van der Waals surface area contributed by atoms with E-state index in [0.717, 1.165) is 17.8 Å². The fourth-order valence-corrected chi connectivity index (χ4v) is 6.53. The first kappa shape index (κ1) is 18.7. The molecule has 1 aromatic heterocycles. The van der Waals surface area contributed by atoms with Gasteiger partial charge in [-0.3, -0.25) is 14.4 Å². The van der Waals surface area contributed by atoms with Crippen LogP contribution in [0.3, 0.4) is 0 Å². The topological polar surface area (TPSA) is 72.5 Å². The third kappa shape index (κ3) is 4.42. The van der Waals surface area contributed by atoms with E-state index in [0.29, 0.717) is 11.4 Å². The average Bonchev–Trinajstić information content (AvgIpc) is 3.16. The standard InChI is InChI=1S/C21H27NO4S/c23-17(18-2-1-5-27-18)3-4-20(25)26-12-19(24)22-13-21-9-14-6-15(10-21)8-16(7-14)11-21/h1-2,5,14-16H,3-4,6-13H2,(H,22,24). The van der Waals surface area contributed by atoms with E-state index in [4.69, 9.17) is 4.74 Å². The molecule has 27 heavy (non-hydrogen) atoms. The van der Waals surface area contributed by atoms with Gasteiger partial charge in [-0.05, 0) is 73.1 Å². The minimum atomic E-state index is -0.495. The van der Waals surface area contributed by atoms with Crippen molar-refractivity contribution in [3.63, 3.8) is 0 Å². The zero-order valence-corrected chi connectivity index (χ0v) is 16.4. The van der Waals surface area contributed by atoms with Crippen molar-refractivity contribution in [3.8, 4) is 0 Å². The minimum absolute atomic E-state index is 0.0129. The molecular weight excluding hydrogens is 362 g/mol. The number of ketones is 1. The highest BCUT2D eigenvalue weighted by Gasteiger charge is 2.50. The van der Waals surface area contributed by atoms with Crippen LogP contribution in [0.15, 0.2) is 17.5 Å². The maximum absolute atomic E-state index is 12.1. The normalized spacial score (nSPS) is 30.9. The van der Waals surface area contributed by atoms with Gasteiger partial charge in [-0.25, -0.2) is 0 Å². The highest BCUT2D eigenvalue weighted by molar-refractivity contribution is 7.12. The Bertz CT molecular complexity index is 676. The second-order valence-corrected chi connectivity index (χ2v) is 9.70. The van der Waals surface area contributed by atoms with Gasteiger partial charge in [0.1, 0.15) is 0 Å². The predicted molar refractivity (Wildman–Crippen MR) is 102 cm³/mol. The van der Waals surface area contributed by atoms with E-state index in [2.05, 4.69) is 5.32 Å². The van der Waals surface area contributed by atoms with Gasteiger partial charge in [0.25, 0.3) is 5.91 Å². The van der Waals surface area contributed by atoms with Crippen molar-refractivity contribution in [2.75, 3.05) is 13.2 Å². The van der Waals surface area contributed by atoms with Crippen LogP contribution in [0.4, 0.5) is 0 Å². The van der Waals surface area contributed by atoms with Crippen LogP contribution in [0.5, 0.6) is 0 Å². The van der Waals surface area contributed by atoms with Gasteiger partial charge in [-0.1, -0.05) is 6.07 Å². The molecule has 1 N–H and O–H groups in total. The first-order valence-corrected chi connectivity index (χ1v) is 10.9. The summed E-state index contributed by atoms with van der Waals surface area (Å²) in [6, 6.07) is 3.56. The molecule has 1 heterocycles. The zero-order valence-electron chi connectivity index (χ0n) is 15.6. The Morgan fingerprint density at radius 1 is 1.07 bits per heavy atom. The molecule has 0 atom stereocenters. The van der Waals surface area contributed by atoms with Gasteiger partial charge >= 0.3 is 5.97 Å². The maximum atomic E-state index is 12.1. The van der Waals surface area contributed by atoms with Crippen molar-refractivity contribution in [1.82, 2.24) is 5.32 Å². The predicted octanol–water partition coefficient (Wildman–Crippen LogP) is 3.59. The summed E-state index contributed by atoms with van der Waals surface area (Å²) in [4.78, 5) is 36.4. The van der Waals surface area contributed by atoms with Crippen LogP contribution in [0, 0.1) is 23.2 Å². The number of amides is 1. The van der Waals surface area contributed by atoms with Crippen molar-refractivity contribution in [1.29, 1.82) is 0 Å². The lowest BCUT2D eigenvalue weighted by Gasteiger charge is -2.56. The van der Waals surface area contributed by atoms with E-state index >= 15 is 0 Å². The molecule has 0 saturated heterocycles. The average molecular weight is 390 g/mol. The van der Waals surface area contributed by atoms with Crippen LogP contribution in [-0.4, -0.2) is 30.8 Å². The molecule has 0 aromatic carbocycles. The van der Waals surface area contributed by atoms with Crippen LogP contribution in [0.1, 0.15) is 61.0 Å². The molecule has 4 fully saturated rings. The lowest BCUT2D eigenvalue weighted by atomic mass is 9.49. The number of carbonyl (C=O) groups excluding carboxylic acids is 3. The molecule has 4 aliphatic carbocycles. The first-order chi connectivity index (χ1) is 13.0. The van der Waals surface area contributed by atoms with Crippen LogP contribution in [0.25, 0.3) is 0 Å². The van der Waals surface area contributed by atoms with Crippen LogP contribution in [-0.2, 0) is 14.3 Å². The lowest BCUT2D eigenvalue weighted by molar-refractivity contribution is -0.148. The van der Waals surface area contributed by atoms with Crippen LogP contribution < -0.4 is 5.32 Å². The van der Waals surface area contributed by atoms with Crippen molar-refractivity contribution in [2.24, 2.45) is 23.2 Å². The number of esters is 1. The summed E-state index contributed by atoms with van der Waals surface area (Å²) in [5.41, 5.74) is 0.279. The summed E-state index contributed by atoms with van der Waals surface area (Å²) in [5.74, 6) is 1.77. The van der Waals surface area contributed by atoms with E-state index in [9.17, 15) is 14.4 Å². The van der Waals surface area contributed by atoms with Gasteiger partial charge < -0.3 is 10.1 Å². The molecule has 4 bridgehead atoms. The van der Waals surface area contributed by atoms with Gasteiger partial charge in [0, 0.05) is 13.0 Å². The summed E-state index contributed by atoms with van der Waals surface area (Å²) in [6.07, 6.45) is 8.00. The molecule has 0 unspecified atom stereocenters. The van der Waals surface area contributed by atoms with E-state index < -0.39 is 5.97 Å². The number of ether oxygens (including phenoxy) is 1. The fourth-order valence-electron chi connectivity index (χ4n) is 5.84. The Labute approximate surface area is 163 Å². The van der Waals surface area contributed by atoms with Gasteiger partial charge in [0.15, 0.2) is 12.4 Å². The second-order valence-electron chi connectivity index (χ2n) is 8.76. The number of hydrogen-bond acceptors (Lipinski definition) is 5. The van der Waals surface area contributed by atoms with E-state index in [-0.39, 0.29) is 36.6 Å². The highest BCUT2D eigenvalue weighted by atomic mass is 32.1. The number of nitrogens with one attached hydrogen (secondary N) is 1. The smallest absolute Gasteiger partial charge is 0.306 e. The number of Topliss-reactive ketones (excluding diaryl/α,β-unsaturated/α-hetero) is 1. The molecule has 4 aliphatic rings. The molecule has 5 rings (SSSR count). The molecule has 0 radical (unpaired) electrons. The molecular formula is C21H27NO4S. The first-order valence-electron chi connectivity index (χ1n) is 10.0. The van der Waals surface area contributed by atoms with Gasteiger partial charge in [-0.2, -0.15) is 0 Å². The van der Waals surface area contributed by atoms with Gasteiger partial charge in [0.05, 0.1) is 11.3 Å². The Hall–Kier alpha value is -1.69. The summed E-state index contributed by atoms with van der Waals surface area (Å²) < 4.78 is 5.04. The quantitative estimate of drug-likeness (QED) is 0.545.